The van der Waals surface area contributed by atoms with E-state index in [1.165, 1.54) is 24.1 Å². The van der Waals surface area contributed by atoms with Crippen LogP contribution >= 0.6 is 0 Å². The van der Waals surface area contributed by atoms with Gasteiger partial charge in [-0.1, -0.05) is 18.2 Å². The Kier molecular flexibility index (Phi) is 3.89. The van der Waals surface area contributed by atoms with Crippen molar-refractivity contribution in [1.29, 1.82) is 0 Å². The van der Waals surface area contributed by atoms with Crippen molar-refractivity contribution in [3.05, 3.63) is 54.1 Å². The smallest absolute Gasteiger partial charge is 0.326 e. The molecule has 24 heavy (non-hydrogen) atoms. The van der Waals surface area contributed by atoms with E-state index in [0.717, 1.165) is 30.9 Å². The molecule has 0 saturated carbocycles. The summed E-state index contributed by atoms with van der Waals surface area (Å²) in [6.07, 6.45) is 3.45. The highest BCUT2D eigenvalue weighted by atomic mass is 16.2. The van der Waals surface area contributed by atoms with Gasteiger partial charge in [0.1, 0.15) is 0 Å². The maximum Gasteiger partial charge on any atom is 0.326 e. The van der Waals surface area contributed by atoms with E-state index in [1.54, 1.807) is 0 Å². The minimum absolute atomic E-state index is 0.0543. The van der Waals surface area contributed by atoms with Crippen molar-refractivity contribution >= 4 is 23.1 Å². The summed E-state index contributed by atoms with van der Waals surface area (Å²) in [5.74, 6) is 0. The van der Waals surface area contributed by atoms with E-state index in [-0.39, 0.29) is 12.1 Å². The zero-order chi connectivity index (χ0) is 16.5. The van der Waals surface area contributed by atoms with Crippen molar-refractivity contribution in [3.8, 4) is 0 Å². The van der Waals surface area contributed by atoms with Crippen LogP contribution in [0.15, 0.2) is 48.5 Å². The Balaban J connectivity index is 1.48. The van der Waals surface area contributed by atoms with Gasteiger partial charge in [-0.15, -0.1) is 0 Å². The number of urea groups is 1. The molecule has 2 aliphatic rings. The number of fused-ring (bicyclic) bond motifs is 1. The number of amides is 2. The van der Waals surface area contributed by atoms with Gasteiger partial charge in [0.15, 0.2) is 0 Å². The molecule has 4 heteroatoms. The molecule has 2 heterocycles. The summed E-state index contributed by atoms with van der Waals surface area (Å²) in [6.45, 7) is 4.36. The van der Waals surface area contributed by atoms with Crippen molar-refractivity contribution in [2.75, 3.05) is 28.2 Å². The number of hydrogen-bond acceptors (Lipinski definition) is 2. The number of nitrogens with one attached hydrogen (secondary N) is 1. The number of para-hydroxylation sites is 1. The lowest BCUT2D eigenvalue weighted by molar-refractivity contribution is 0.256. The number of anilines is 3. The molecule has 1 saturated heterocycles. The quantitative estimate of drug-likeness (QED) is 0.896. The van der Waals surface area contributed by atoms with Gasteiger partial charge in [-0.05, 0) is 62.1 Å². The summed E-state index contributed by atoms with van der Waals surface area (Å²) in [4.78, 5) is 17.0. The highest BCUT2D eigenvalue weighted by molar-refractivity contribution is 6.03. The van der Waals surface area contributed by atoms with Crippen LogP contribution in [0.1, 0.15) is 25.3 Å². The minimum Gasteiger partial charge on any atom is -0.372 e. The first-order valence-corrected chi connectivity index (χ1v) is 8.75. The Morgan fingerprint density at radius 1 is 1.04 bits per heavy atom. The van der Waals surface area contributed by atoms with Gasteiger partial charge in [-0.25, -0.2) is 4.79 Å². The van der Waals surface area contributed by atoms with Crippen LogP contribution in [0.2, 0.25) is 0 Å². The molecule has 0 bridgehead atoms. The van der Waals surface area contributed by atoms with Gasteiger partial charge >= 0.3 is 6.03 Å². The summed E-state index contributed by atoms with van der Waals surface area (Å²) in [6, 6.07) is 16.5. The van der Waals surface area contributed by atoms with Gasteiger partial charge in [-0.2, -0.15) is 0 Å². The number of carbonyl (C=O) groups is 1. The fourth-order valence-electron chi connectivity index (χ4n) is 3.79. The average molecular weight is 321 g/mol. The maximum atomic E-state index is 12.7. The van der Waals surface area contributed by atoms with Crippen LogP contribution in [-0.4, -0.2) is 25.2 Å². The summed E-state index contributed by atoms with van der Waals surface area (Å²) in [5.41, 5.74) is 4.35. The van der Waals surface area contributed by atoms with Crippen LogP contribution in [0, 0.1) is 0 Å². The summed E-state index contributed by atoms with van der Waals surface area (Å²) < 4.78 is 0. The van der Waals surface area contributed by atoms with Crippen LogP contribution < -0.4 is 15.1 Å². The Morgan fingerprint density at radius 2 is 1.75 bits per heavy atom. The number of rotatable bonds is 2. The largest absolute Gasteiger partial charge is 0.372 e. The van der Waals surface area contributed by atoms with Crippen LogP contribution in [0.5, 0.6) is 0 Å². The summed E-state index contributed by atoms with van der Waals surface area (Å²) in [7, 11) is 0. The first kappa shape index (κ1) is 15.1. The van der Waals surface area contributed by atoms with Crippen molar-refractivity contribution in [1.82, 2.24) is 0 Å². The second-order valence-electron chi connectivity index (χ2n) is 6.72. The molecule has 4 rings (SSSR count). The van der Waals surface area contributed by atoms with Crippen LogP contribution in [0.3, 0.4) is 0 Å². The molecule has 1 N–H and O–H groups in total. The van der Waals surface area contributed by atoms with E-state index < -0.39 is 0 Å². The molecular formula is C20H23N3O. The molecule has 4 nitrogen and oxygen atoms in total. The number of carbonyl (C=O) groups excluding carboxylic acids is 1. The fraction of sp³-hybridized carbons (Fsp3) is 0.350. The SMILES string of the molecule is CC1Cc2ccccc2N1C(=O)Nc1ccc(N2CCCC2)cc1. The predicted molar refractivity (Wildman–Crippen MR) is 99.0 cm³/mol. The third kappa shape index (κ3) is 2.73. The van der Waals surface area contributed by atoms with E-state index in [4.69, 9.17) is 0 Å². The van der Waals surface area contributed by atoms with Crippen LogP contribution in [-0.2, 0) is 6.42 Å². The molecule has 1 unspecified atom stereocenters. The van der Waals surface area contributed by atoms with Gasteiger partial charge in [-0.3, -0.25) is 4.90 Å². The first-order valence-electron chi connectivity index (χ1n) is 8.75. The topological polar surface area (TPSA) is 35.6 Å². The Bertz CT molecular complexity index is 735. The Hall–Kier alpha value is -2.49. The Morgan fingerprint density at radius 3 is 2.50 bits per heavy atom. The number of nitrogens with zero attached hydrogens (tertiary/aromatic N) is 2. The normalized spacial score (nSPS) is 19.5. The third-order valence-corrected chi connectivity index (χ3v) is 5.02. The molecule has 2 aliphatic heterocycles. The molecule has 1 fully saturated rings. The summed E-state index contributed by atoms with van der Waals surface area (Å²) in [5, 5.41) is 3.04. The fourth-order valence-corrected chi connectivity index (χ4v) is 3.79. The molecular weight excluding hydrogens is 298 g/mol. The lowest BCUT2D eigenvalue weighted by atomic mass is 10.1. The highest BCUT2D eigenvalue weighted by Gasteiger charge is 2.30. The standard InChI is InChI=1S/C20H23N3O/c1-15-14-16-6-2-3-7-19(16)23(15)20(24)21-17-8-10-18(11-9-17)22-12-4-5-13-22/h2-3,6-11,15H,4-5,12-14H2,1H3,(H,21,24). The lowest BCUT2D eigenvalue weighted by Crippen LogP contribution is -2.39. The van der Waals surface area contributed by atoms with Crippen LogP contribution in [0.4, 0.5) is 21.9 Å². The molecule has 2 aromatic carbocycles. The maximum absolute atomic E-state index is 12.7. The van der Waals surface area contributed by atoms with Crippen molar-refractivity contribution < 1.29 is 4.79 Å². The highest BCUT2D eigenvalue weighted by Crippen LogP contribution is 2.32. The zero-order valence-electron chi connectivity index (χ0n) is 14.0. The van der Waals surface area contributed by atoms with Gasteiger partial charge in [0.05, 0.1) is 0 Å². The second kappa shape index (κ2) is 6.19. The minimum atomic E-state index is -0.0543. The molecule has 0 radical (unpaired) electrons. The molecule has 2 aromatic rings. The molecule has 2 amide bonds. The monoisotopic (exact) mass is 321 g/mol. The molecule has 0 aromatic heterocycles. The molecule has 124 valence electrons. The number of benzene rings is 2. The van der Waals surface area contributed by atoms with Crippen molar-refractivity contribution in [3.63, 3.8) is 0 Å². The van der Waals surface area contributed by atoms with Gasteiger partial charge in [0.25, 0.3) is 0 Å². The second-order valence-corrected chi connectivity index (χ2v) is 6.72. The van der Waals surface area contributed by atoms with E-state index >= 15 is 0 Å². The van der Waals surface area contributed by atoms with E-state index in [1.807, 2.05) is 35.2 Å². The summed E-state index contributed by atoms with van der Waals surface area (Å²) >= 11 is 0. The first-order chi connectivity index (χ1) is 11.7. The van der Waals surface area contributed by atoms with Gasteiger partial charge < -0.3 is 10.2 Å². The van der Waals surface area contributed by atoms with Gasteiger partial charge in [0, 0.05) is 36.2 Å². The van der Waals surface area contributed by atoms with E-state index in [0.29, 0.717) is 0 Å². The van der Waals surface area contributed by atoms with Gasteiger partial charge in [0.2, 0.25) is 0 Å². The van der Waals surface area contributed by atoms with Crippen molar-refractivity contribution in [2.24, 2.45) is 0 Å². The average Bonchev–Trinajstić information content (AvgIpc) is 3.22. The van der Waals surface area contributed by atoms with E-state index in [2.05, 4.69) is 35.3 Å². The third-order valence-electron chi connectivity index (χ3n) is 5.02. The molecule has 0 spiro atoms. The lowest BCUT2D eigenvalue weighted by Gasteiger charge is -2.23. The van der Waals surface area contributed by atoms with E-state index in [9.17, 15) is 4.79 Å². The van der Waals surface area contributed by atoms with Crippen LogP contribution in [0.25, 0.3) is 0 Å². The predicted octanol–water partition coefficient (Wildman–Crippen LogP) is 4.27. The zero-order valence-corrected chi connectivity index (χ0v) is 14.0. The molecule has 0 aliphatic carbocycles. The van der Waals surface area contributed by atoms with Crippen molar-refractivity contribution in [2.45, 2.75) is 32.2 Å². The Labute approximate surface area is 143 Å². The number of hydrogen-bond donors (Lipinski definition) is 1. The molecule has 1 atom stereocenters.